The molecule has 0 radical (unpaired) electrons. The zero-order valence-corrected chi connectivity index (χ0v) is 20.2. The molecule has 2 aromatic carbocycles. The van der Waals surface area contributed by atoms with E-state index in [1.807, 2.05) is 72.2 Å². The van der Waals surface area contributed by atoms with E-state index in [-0.39, 0.29) is 23.7 Å². The summed E-state index contributed by atoms with van der Waals surface area (Å²) in [6.45, 7) is 5.70. The maximum absolute atomic E-state index is 13.6. The van der Waals surface area contributed by atoms with Gasteiger partial charge in [-0.2, -0.15) is 4.98 Å². The van der Waals surface area contributed by atoms with Crippen molar-refractivity contribution in [2.24, 2.45) is 13.0 Å². The number of anilines is 2. The number of allylic oxidation sites excluding steroid dienone is 1. The van der Waals surface area contributed by atoms with E-state index in [2.05, 4.69) is 11.8 Å². The molecule has 0 amide bonds. The van der Waals surface area contributed by atoms with Crippen molar-refractivity contribution in [3.05, 3.63) is 91.6 Å². The Hall–Kier alpha value is -3.58. The second kappa shape index (κ2) is 8.65. The van der Waals surface area contributed by atoms with Crippen LogP contribution in [-0.4, -0.2) is 25.2 Å². The average molecular weight is 476 g/mol. The Morgan fingerprint density at radius 2 is 1.85 bits per heavy atom. The van der Waals surface area contributed by atoms with Crippen molar-refractivity contribution in [2.75, 3.05) is 11.4 Å². The number of benzene rings is 2. The van der Waals surface area contributed by atoms with Crippen LogP contribution in [0.25, 0.3) is 17.2 Å². The van der Waals surface area contributed by atoms with Crippen LogP contribution in [0.3, 0.4) is 0 Å². The van der Waals surface area contributed by atoms with Gasteiger partial charge in [-0.05, 0) is 36.1 Å². The van der Waals surface area contributed by atoms with E-state index in [4.69, 9.17) is 16.6 Å². The Morgan fingerprint density at radius 1 is 1.09 bits per heavy atom. The molecule has 0 N–H and O–H groups in total. The largest absolute Gasteiger partial charge is 0.332 e. The van der Waals surface area contributed by atoms with Gasteiger partial charge in [-0.25, -0.2) is 4.79 Å². The summed E-state index contributed by atoms with van der Waals surface area (Å²) in [6, 6.07) is 15.6. The van der Waals surface area contributed by atoms with Crippen LogP contribution in [0.5, 0.6) is 0 Å². The zero-order chi connectivity index (χ0) is 24.0. The topological polar surface area (TPSA) is 65.1 Å². The fourth-order valence-corrected chi connectivity index (χ4v) is 4.79. The van der Waals surface area contributed by atoms with E-state index in [0.29, 0.717) is 28.7 Å². The summed E-state index contributed by atoms with van der Waals surface area (Å²) in [6.07, 6.45) is 3.75. The van der Waals surface area contributed by atoms with E-state index in [1.54, 1.807) is 7.05 Å². The van der Waals surface area contributed by atoms with Gasteiger partial charge in [0.1, 0.15) is 0 Å². The molecule has 0 aliphatic carbocycles. The van der Waals surface area contributed by atoms with Gasteiger partial charge in [0.05, 0.1) is 0 Å². The quantitative estimate of drug-likeness (QED) is 0.440. The van der Waals surface area contributed by atoms with E-state index < -0.39 is 0 Å². The summed E-state index contributed by atoms with van der Waals surface area (Å²) in [4.78, 5) is 33.5. The molecule has 2 aromatic heterocycles. The molecule has 174 valence electrons. The summed E-state index contributed by atoms with van der Waals surface area (Å²) in [5.74, 6) is 0.925. The molecular formula is C26H26ClN5O2. The number of nitrogens with zero attached hydrogens (tertiary/aromatic N) is 5. The third-order valence-corrected chi connectivity index (χ3v) is 6.78. The first-order valence-corrected chi connectivity index (χ1v) is 11.7. The number of imidazole rings is 1. The molecule has 4 aromatic rings. The fourth-order valence-electron chi connectivity index (χ4n) is 4.62. The van der Waals surface area contributed by atoms with Gasteiger partial charge < -0.3 is 9.47 Å². The van der Waals surface area contributed by atoms with Crippen molar-refractivity contribution in [3.8, 4) is 0 Å². The van der Waals surface area contributed by atoms with Crippen LogP contribution in [-0.2, 0) is 20.1 Å². The molecule has 5 rings (SSSR count). The number of rotatable bonds is 4. The first-order valence-electron chi connectivity index (χ1n) is 11.3. The average Bonchev–Trinajstić information content (AvgIpc) is 3.21. The molecule has 34 heavy (non-hydrogen) atoms. The van der Waals surface area contributed by atoms with Crippen LogP contribution in [0.4, 0.5) is 11.6 Å². The minimum absolute atomic E-state index is 0.184. The third kappa shape index (κ3) is 3.66. The summed E-state index contributed by atoms with van der Waals surface area (Å²) in [5.41, 5.74) is 3.04. The highest BCUT2D eigenvalue weighted by Gasteiger charge is 2.30. The molecule has 0 saturated heterocycles. The Kier molecular flexibility index (Phi) is 5.65. The molecule has 0 bridgehead atoms. The molecule has 1 aliphatic rings. The highest BCUT2D eigenvalue weighted by molar-refractivity contribution is 6.31. The van der Waals surface area contributed by atoms with Gasteiger partial charge in [0.2, 0.25) is 5.95 Å². The van der Waals surface area contributed by atoms with E-state index in [1.165, 1.54) is 9.13 Å². The molecule has 1 atom stereocenters. The molecule has 0 saturated carbocycles. The number of hydrogen-bond acceptors (Lipinski definition) is 4. The highest BCUT2D eigenvalue weighted by Crippen LogP contribution is 2.36. The lowest BCUT2D eigenvalue weighted by Crippen LogP contribution is -2.40. The minimum atomic E-state index is -0.385. The summed E-state index contributed by atoms with van der Waals surface area (Å²) >= 11 is 6.40. The summed E-state index contributed by atoms with van der Waals surface area (Å²) in [7, 11) is 1.67. The predicted octanol–water partition coefficient (Wildman–Crippen LogP) is 4.36. The first kappa shape index (κ1) is 22.2. The van der Waals surface area contributed by atoms with Crippen molar-refractivity contribution in [3.63, 3.8) is 0 Å². The van der Waals surface area contributed by atoms with Crippen molar-refractivity contribution in [1.29, 1.82) is 0 Å². The monoisotopic (exact) mass is 475 g/mol. The van der Waals surface area contributed by atoms with Gasteiger partial charge in [0.15, 0.2) is 11.2 Å². The van der Waals surface area contributed by atoms with E-state index in [0.717, 1.165) is 23.4 Å². The van der Waals surface area contributed by atoms with Crippen LogP contribution in [0.1, 0.15) is 18.1 Å². The lowest BCUT2D eigenvalue weighted by molar-refractivity contribution is 0.457. The van der Waals surface area contributed by atoms with Crippen molar-refractivity contribution in [1.82, 2.24) is 18.7 Å². The molecule has 0 spiro atoms. The van der Waals surface area contributed by atoms with E-state index >= 15 is 0 Å². The SMILES string of the molecule is Cc1c(Cl)cccc1N1CC(C)Cn2c1nc1c2c(=O)n(C/C=C/c2ccccc2)c(=O)n1C. The minimum Gasteiger partial charge on any atom is -0.311 e. The Morgan fingerprint density at radius 3 is 2.62 bits per heavy atom. The normalized spacial score (nSPS) is 15.9. The van der Waals surface area contributed by atoms with Crippen molar-refractivity contribution in [2.45, 2.75) is 26.9 Å². The Balaban J connectivity index is 1.65. The van der Waals surface area contributed by atoms with Gasteiger partial charge in [-0.15, -0.1) is 0 Å². The molecule has 8 heteroatoms. The van der Waals surface area contributed by atoms with Crippen LogP contribution in [0.2, 0.25) is 5.02 Å². The molecule has 0 fully saturated rings. The number of hydrogen-bond donors (Lipinski definition) is 0. The maximum atomic E-state index is 13.6. The lowest BCUT2D eigenvalue weighted by atomic mass is 10.1. The molecule has 7 nitrogen and oxygen atoms in total. The van der Waals surface area contributed by atoms with Gasteiger partial charge in [0.25, 0.3) is 5.56 Å². The second-order valence-electron chi connectivity index (χ2n) is 8.86. The van der Waals surface area contributed by atoms with Gasteiger partial charge in [-0.3, -0.25) is 13.9 Å². The molecule has 1 aliphatic heterocycles. The standard InChI is InChI=1S/C26H26ClN5O2/c1-17-15-31(21-13-7-12-20(27)18(21)2)25-28-23-22(32(25)16-17)24(33)30(26(34)29(23)3)14-8-11-19-9-5-4-6-10-19/h4-13,17H,14-16H2,1-3H3/b11-8+. The molecular weight excluding hydrogens is 450 g/mol. The first-order chi connectivity index (χ1) is 16.4. The van der Waals surface area contributed by atoms with Crippen LogP contribution < -0.4 is 16.1 Å². The number of fused-ring (bicyclic) bond motifs is 3. The van der Waals surface area contributed by atoms with Crippen molar-refractivity contribution < 1.29 is 0 Å². The highest BCUT2D eigenvalue weighted by atomic mass is 35.5. The Bertz CT molecular complexity index is 1530. The van der Waals surface area contributed by atoms with Gasteiger partial charge >= 0.3 is 5.69 Å². The van der Waals surface area contributed by atoms with Gasteiger partial charge in [0, 0.05) is 37.4 Å². The van der Waals surface area contributed by atoms with E-state index in [9.17, 15) is 9.59 Å². The number of halogens is 1. The van der Waals surface area contributed by atoms with Crippen LogP contribution in [0, 0.1) is 12.8 Å². The molecule has 1 unspecified atom stereocenters. The number of aryl methyl sites for hydroxylation is 1. The maximum Gasteiger partial charge on any atom is 0.332 e. The summed E-state index contributed by atoms with van der Waals surface area (Å²) < 4.78 is 4.68. The van der Waals surface area contributed by atoms with Crippen molar-refractivity contribution >= 4 is 40.5 Å². The van der Waals surface area contributed by atoms with Gasteiger partial charge in [-0.1, -0.05) is 67.1 Å². The zero-order valence-electron chi connectivity index (χ0n) is 19.4. The fraction of sp³-hybridized carbons (Fsp3) is 0.269. The van der Waals surface area contributed by atoms with Crippen LogP contribution >= 0.6 is 11.6 Å². The summed E-state index contributed by atoms with van der Waals surface area (Å²) in [5, 5.41) is 0.679. The molecule has 3 heterocycles. The lowest BCUT2D eigenvalue weighted by Gasteiger charge is -2.34. The Labute approximate surface area is 202 Å². The predicted molar refractivity (Wildman–Crippen MR) is 137 cm³/mol. The number of aromatic nitrogens is 4. The second-order valence-corrected chi connectivity index (χ2v) is 9.27. The van der Waals surface area contributed by atoms with Crippen LogP contribution in [0.15, 0.2) is 64.2 Å². The smallest absolute Gasteiger partial charge is 0.311 e. The third-order valence-electron chi connectivity index (χ3n) is 6.37.